The number of carboxylic acid groups (broad SMARTS) is 1. The van der Waals surface area contributed by atoms with Crippen molar-refractivity contribution in [3.05, 3.63) is 12.2 Å². The fourth-order valence-electron chi connectivity index (χ4n) is 1.34. The normalized spacial score (nSPS) is 13.3. The molecule has 0 radical (unpaired) electrons. The van der Waals surface area contributed by atoms with Gasteiger partial charge in [-0.05, 0) is 13.3 Å². The molecule has 0 heterocycles. The number of hydrogen-bond donors (Lipinski definition) is 1. The topological polar surface area (TPSA) is 91.3 Å². The zero-order chi connectivity index (χ0) is 16.3. The van der Waals surface area contributed by atoms with Gasteiger partial charge in [0.2, 0.25) is 0 Å². The van der Waals surface area contributed by atoms with E-state index in [1.165, 1.54) is 13.8 Å². The smallest absolute Gasteiger partial charge is 0.450 e. The lowest BCUT2D eigenvalue weighted by molar-refractivity contribution is -0.341. The van der Waals surface area contributed by atoms with Gasteiger partial charge in [0.05, 0.1) is 6.61 Å². The summed E-state index contributed by atoms with van der Waals surface area (Å²) in [5.74, 6) is -2.56. The van der Waals surface area contributed by atoms with E-state index in [0.29, 0.717) is 6.61 Å². The van der Waals surface area contributed by atoms with Crippen molar-refractivity contribution in [1.82, 2.24) is 0 Å². The van der Waals surface area contributed by atoms with Crippen molar-refractivity contribution in [1.29, 1.82) is 0 Å². The van der Waals surface area contributed by atoms with Crippen LogP contribution in [-0.2, 0) is 24.0 Å². The van der Waals surface area contributed by atoms with Crippen molar-refractivity contribution in [2.24, 2.45) is 0 Å². The van der Waals surface area contributed by atoms with Crippen LogP contribution >= 0.6 is 0 Å². The van der Waals surface area contributed by atoms with Crippen LogP contribution in [0.25, 0.3) is 0 Å². The average molecular weight is 304 g/mol. The molecule has 7 heteroatoms. The summed E-state index contributed by atoms with van der Waals surface area (Å²) < 4.78 is 9.44. The highest BCUT2D eigenvalue weighted by atomic mass is 17.2. The van der Waals surface area contributed by atoms with E-state index in [-0.39, 0.29) is 12.2 Å². The second-order valence-corrected chi connectivity index (χ2v) is 4.82. The minimum Gasteiger partial charge on any atom is -0.450 e. The van der Waals surface area contributed by atoms with Crippen molar-refractivity contribution < 1.29 is 33.9 Å². The maximum atomic E-state index is 11.5. The first kappa shape index (κ1) is 19.4. The maximum Gasteiger partial charge on any atom is 0.509 e. The zero-order valence-electron chi connectivity index (χ0n) is 12.8. The summed E-state index contributed by atoms with van der Waals surface area (Å²) in [6.45, 7) is 8.22. The second kappa shape index (κ2) is 10.2. The van der Waals surface area contributed by atoms with E-state index in [1.807, 2.05) is 0 Å². The number of carbonyl (C=O) groups is 2. The molecule has 0 bridgehead atoms. The van der Waals surface area contributed by atoms with E-state index in [0.717, 1.165) is 25.7 Å². The van der Waals surface area contributed by atoms with Crippen molar-refractivity contribution in [3.63, 3.8) is 0 Å². The summed E-state index contributed by atoms with van der Waals surface area (Å²) in [5.41, 5.74) is 0.121. The third-order valence-electron chi connectivity index (χ3n) is 2.45. The Labute approximate surface area is 124 Å². The number of ether oxygens (including phenoxy) is 2. The predicted octanol–water partition coefficient (Wildman–Crippen LogP) is 3.05. The second-order valence-electron chi connectivity index (χ2n) is 4.82. The van der Waals surface area contributed by atoms with E-state index in [2.05, 4.69) is 18.2 Å². The fourth-order valence-corrected chi connectivity index (χ4v) is 1.34. The van der Waals surface area contributed by atoms with Crippen LogP contribution in [0, 0.1) is 0 Å². The quantitative estimate of drug-likeness (QED) is 0.157. The Hall–Kier alpha value is -1.60. The van der Waals surface area contributed by atoms with Gasteiger partial charge in [0.1, 0.15) is 0 Å². The number of esters is 1. The SMILES string of the molecule is C=C(C)C(=O)OC(C)(COOCCCCCC)OC(=O)O. The maximum absolute atomic E-state index is 11.5. The summed E-state index contributed by atoms with van der Waals surface area (Å²) in [6.07, 6.45) is 2.49. The third-order valence-corrected chi connectivity index (χ3v) is 2.45. The standard InChI is InChI=1S/C14H24O7/c1-5-6-7-8-9-18-19-10-14(4,21-13(16)17)20-12(15)11(2)3/h2,5-10H2,1,3-4H3,(H,16,17). The van der Waals surface area contributed by atoms with E-state index in [4.69, 9.17) is 19.6 Å². The van der Waals surface area contributed by atoms with Crippen LogP contribution in [0.2, 0.25) is 0 Å². The molecule has 1 atom stereocenters. The van der Waals surface area contributed by atoms with Gasteiger partial charge in [0.15, 0.2) is 6.61 Å². The van der Waals surface area contributed by atoms with Gasteiger partial charge >= 0.3 is 12.1 Å². The molecule has 1 unspecified atom stereocenters. The molecule has 0 aromatic carbocycles. The first-order valence-electron chi connectivity index (χ1n) is 6.86. The summed E-state index contributed by atoms with van der Waals surface area (Å²) in [7, 11) is 0. The third kappa shape index (κ3) is 9.86. The Balaban J connectivity index is 4.20. The van der Waals surface area contributed by atoms with Crippen LogP contribution in [-0.4, -0.2) is 36.2 Å². The van der Waals surface area contributed by atoms with Crippen LogP contribution in [0.3, 0.4) is 0 Å². The van der Waals surface area contributed by atoms with Gasteiger partial charge < -0.3 is 14.6 Å². The number of rotatable bonds is 11. The van der Waals surface area contributed by atoms with Crippen LogP contribution in [0.15, 0.2) is 12.2 Å². The number of unbranched alkanes of at least 4 members (excludes halogenated alkanes) is 3. The monoisotopic (exact) mass is 304 g/mol. The molecule has 0 aromatic heterocycles. The molecule has 0 aliphatic heterocycles. The number of carbonyl (C=O) groups excluding carboxylic acids is 1. The molecule has 0 rings (SSSR count). The summed E-state index contributed by atoms with van der Waals surface area (Å²) in [6, 6.07) is 0. The number of hydrogen-bond acceptors (Lipinski definition) is 6. The molecule has 0 amide bonds. The minimum atomic E-state index is -1.79. The Morgan fingerprint density at radius 2 is 1.81 bits per heavy atom. The first-order chi connectivity index (χ1) is 9.80. The van der Waals surface area contributed by atoms with E-state index < -0.39 is 17.9 Å². The molecule has 21 heavy (non-hydrogen) atoms. The fraction of sp³-hybridized carbons (Fsp3) is 0.714. The van der Waals surface area contributed by atoms with Gasteiger partial charge in [-0.3, -0.25) is 0 Å². The van der Waals surface area contributed by atoms with Gasteiger partial charge in [-0.1, -0.05) is 32.8 Å². The van der Waals surface area contributed by atoms with E-state index in [1.54, 1.807) is 0 Å². The highest BCUT2D eigenvalue weighted by Gasteiger charge is 2.35. The van der Waals surface area contributed by atoms with Crippen molar-refractivity contribution >= 4 is 12.1 Å². The van der Waals surface area contributed by atoms with Gasteiger partial charge in [-0.2, -0.15) is 0 Å². The summed E-state index contributed by atoms with van der Waals surface area (Å²) in [5, 5.41) is 8.67. The molecular formula is C14H24O7. The van der Waals surface area contributed by atoms with Crippen molar-refractivity contribution in [3.8, 4) is 0 Å². The lowest BCUT2D eigenvalue weighted by Gasteiger charge is -2.26. The summed E-state index contributed by atoms with van der Waals surface area (Å²) in [4.78, 5) is 31.9. The van der Waals surface area contributed by atoms with Crippen molar-refractivity contribution in [2.75, 3.05) is 13.2 Å². The molecule has 7 nitrogen and oxygen atoms in total. The lowest BCUT2D eigenvalue weighted by atomic mass is 10.2. The molecule has 0 aliphatic rings. The molecule has 0 aromatic rings. The zero-order valence-corrected chi connectivity index (χ0v) is 12.8. The molecule has 0 fully saturated rings. The highest BCUT2D eigenvalue weighted by molar-refractivity contribution is 5.87. The van der Waals surface area contributed by atoms with Crippen LogP contribution < -0.4 is 0 Å². The molecule has 0 saturated heterocycles. The Bertz CT molecular complexity index is 353. The first-order valence-corrected chi connectivity index (χ1v) is 6.86. The molecule has 1 N–H and O–H groups in total. The van der Waals surface area contributed by atoms with Crippen LogP contribution in [0.1, 0.15) is 46.5 Å². The molecule has 122 valence electrons. The predicted molar refractivity (Wildman–Crippen MR) is 74.5 cm³/mol. The van der Waals surface area contributed by atoms with Gasteiger partial charge in [-0.25, -0.2) is 19.4 Å². The van der Waals surface area contributed by atoms with Crippen LogP contribution in [0.5, 0.6) is 0 Å². The lowest BCUT2D eigenvalue weighted by Crippen LogP contribution is -2.41. The van der Waals surface area contributed by atoms with E-state index in [9.17, 15) is 9.59 Å². The van der Waals surface area contributed by atoms with E-state index >= 15 is 0 Å². The Morgan fingerprint density at radius 1 is 1.14 bits per heavy atom. The van der Waals surface area contributed by atoms with Gasteiger partial charge in [0, 0.05) is 12.5 Å². The minimum absolute atomic E-state index is 0.121. The molecule has 0 saturated carbocycles. The van der Waals surface area contributed by atoms with Crippen molar-refractivity contribution in [2.45, 2.75) is 52.2 Å². The summed E-state index contributed by atoms with van der Waals surface area (Å²) >= 11 is 0. The largest absolute Gasteiger partial charge is 0.509 e. The average Bonchev–Trinajstić information content (AvgIpc) is 2.36. The highest BCUT2D eigenvalue weighted by Crippen LogP contribution is 2.16. The molecular weight excluding hydrogens is 280 g/mol. The van der Waals surface area contributed by atoms with Crippen LogP contribution in [0.4, 0.5) is 4.79 Å². The molecule has 0 spiro atoms. The molecule has 0 aliphatic carbocycles. The van der Waals surface area contributed by atoms with Gasteiger partial charge in [0.25, 0.3) is 5.79 Å². The van der Waals surface area contributed by atoms with Gasteiger partial charge in [-0.15, -0.1) is 0 Å². The Kier molecular flexibility index (Phi) is 9.40. The Morgan fingerprint density at radius 3 is 2.33 bits per heavy atom.